The first-order valence-electron chi connectivity index (χ1n) is 5.44. The minimum Gasteiger partial charge on any atom is -0.346 e. The quantitative estimate of drug-likeness (QED) is 0.529. The van der Waals surface area contributed by atoms with Crippen LogP contribution in [0.25, 0.3) is 0 Å². The van der Waals surface area contributed by atoms with E-state index in [0.717, 1.165) is 0 Å². The van der Waals surface area contributed by atoms with Gasteiger partial charge in [0.05, 0.1) is 5.54 Å². The monoisotopic (exact) mass is 208 g/mol. The van der Waals surface area contributed by atoms with E-state index in [1.54, 1.807) is 6.08 Å². The lowest BCUT2D eigenvalue weighted by Crippen LogP contribution is -2.52. The molecule has 1 fully saturated rings. The lowest BCUT2D eigenvalue weighted by molar-refractivity contribution is -0.118. The first kappa shape index (κ1) is 12.0. The van der Waals surface area contributed by atoms with E-state index >= 15 is 0 Å². The molecule has 3 N–H and O–H groups in total. The van der Waals surface area contributed by atoms with Crippen LogP contribution in [0.2, 0.25) is 0 Å². The maximum absolute atomic E-state index is 11.5. The first-order chi connectivity index (χ1) is 7.12. The summed E-state index contributed by atoms with van der Waals surface area (Å²) in [6.07, 6.45) is 9.33. The SMILES string of the molecule is CC=CC=CC(=O)NC(C)(CN)C1CC1. The Hall–Kier alpha value is -1.09. The molecule has 0 aromatic heterocycles. The lowest BCUT2D eigenvalue weighted by Gasteiger charge is -2.28. The number of amides is 1. The fourth-order valence-corrected chi connectivity index (χ4v) is 1.62. The molecule has 1 aliphatic rings. The molecule has 1 atom stereocenters. The predicted octanol–water partition coefficient (Wildman–Crippen LogP) is 1.36. The highest BCUT2D eigenvalue weighted by Gasteiger charge is 2.41. The molecule has 1 aliphatic carbocycles. The van der Waals surface area contributed by atoms with E-state index in [1.807, 2.05) is 26.0 Å². The number of carbonyl (C=O) groups excluding carboxylic acids is 1. The van der Waals surface area contributed by atoms with Gasteiger partial charge in [-0.25, -0.2) is 0 Å². The standard InChI is InChI=1S/C12H20N2O/c1-3-4-5-6-11(15)14-12(2,9-13)10-7-8-10/h3-6,10H,7-9,13H2,1-2H3,(H,14,15). The summed E-state index contributed by atoms with van der Waals surface area (Å²) in [4.78, 5) is 11.5. The zero-order chi connectivity index (χ0) is 11.3. The molecule has 1 saturated carbocycles. The number of nitrogens with one attached hydrogen (secondary N) is 1. The van der Waals surface area contributed by atoms with Crippen LogP contribution in [0.3, 0.4) is 0 Å². The highest BCUT2D eigenvalue weighted by Crippen LogP contribution is 2.38. The molecular weight excluding hydrogens is 188 g/mol. The zero-order valence-corrected chi connectivity index (χ0v) is 9.49. The molecule has 0 bridgehead atoms. The Labute approximate surface area is 91.4 Å². The molecule has 0 aromatic rings. The average molecular weight is 208 g/mol. The van der Waals surface area contributed by atoms with Crippen molar-refractivity contribution in [1.29, 1.82) is 0 Å². The fraction of sp³-hybridized carbons (Fsp3) is 0.583. The van der Waals surface area contributed by atoms with Crippen molar-refractivity contribution in [2.45, 2.75) is 32.2 Å². The minimum absolute atomic E-state index is 0.0621. The highest BCUT2D eigenvalue weighted by atomic mass is 16.1. The van der Waals surface area contributed by atoms with Crippen molar-refractivity contribution in [2.24, 2.45) is 11.7 Å². The number of nitrogens with two attached hydrogens (primary N) is 1. The molecule has 0 spiro atoms. The van der Waals surface area contributed by atoms with Crippen LogP contribution in [0.5, 0.6) is 0 Å². The Kier molecular flexibility index (Phi) is 4.09. The lowest BCUT2D eigenvalue weighted by atomic mass is 9.96. The summed E-state index contributed by atoms with van der Waals surface area (Å²) in [5.74, 6) is 0.495. The maximum Gasteiger partial charge on any atom is 0.244 e. The molecule has 1 unspecified atom stereocenters. The van der Waals surface area contributed by atoms with E-state index < -0.39 is 0 Å². The van der Waals surface area contributed by atoms with Crippen molar-refractivity contribution in [3.8, 4) is 0 Å². The average Bonchev–Trinajstić information content (AvgIpc) is 3.01. The smallest absolute Gasteiger partial charge is 0.244 e. The molecule has 0 radical (unpaired) electrons. The summed E-state index contributed by atoms with van der Waals surface area (Å²) in [7, 11) is 0. The van der Waals surface area contributed by atoms with E-state index in [0.29, 0.717) is 12.5 Å². The van der Waals surface area contributed by atoms with Gasteiger partial charge in [-0.15, -0.1) is 0 Å². The van der Waals surface area contributed by atoms with Gasteiger partial charge in [0, 0.05) is 12.6 Å². The van der Waals surface area contributed by atoms with Gasteiger partial charge >= 0.3 is 0 Å². The van der Waals surface area contributed by atoms with Gasteiger partial charge < -0.3 is 11.1 Å². The molecule has 3 nitrogen and oxygen atoms in total. The van der Waals surface area contributed by atoms with Crippen LogP contribution in [0.4, 0.5) is 0 Å². The number of rotatable bonds is 5. The largest absolute Gasteiger partial charge is 0.346 e. The fourth-order valence-electron chi connectivity index (χ4n) is 1.62. The molecular formula is C12H20N2O. The van der Waals surface area contributed by atoms with E-state index in [4.69, 9.17) is 5.73 Å². The normalized spacial score (nSPS) is 20.7. The second kappa shape index (κ2) is 5.12. The molecule has 0 heterocycles. The van der Waals surface area contributed by atoms with Gasteiger partial charge in [-0.05, 0) is 32.6 Å². The van der Waals surface area contributed by atoms with Crippen LogP contribution >= 0.6 is 0 Å². The highest BCUT2D eigenvalue weighted by molar-refractivity contribution is 5.88. The number of hydrogen-bond acceptors (Lipinski definition) is 2. The van der Waals surface area contributed by atoms with Gasteiger partial charge in [-0.2, -0.15) is 0 Å². The molecule has 1 amide bonds. The molecule has 3 heteroatoms. The molecule has 1 rings (SSSR count). The second-order valence-electron chi connectivity index (χ2n) is 4.27. The molecule has 0 aromatic carbocycles. The van der Waals surface area contributed by atoms with E-state index in [2.05, 4.69) is 5.32 Å². The van der Waals surface area contributed by atoms with E-state index in [9.17, 15) is 4.79 Å². The Bertz CT molecular complexity index is 279. The van der Waals surface area contributed by atoms with Crippen molar-refractivity contribution in [3.63, 3.8) is 0 Å². The zero-order valence-electron chi connectivity index (χ0n) is 9.49. The minimum atomic E-state index is -0.225. The Morgan fingerprint density at radius 3 is 2.67 bits per heavy atom. The number of allylic oxidation sites excluding steroid dienone is 3. The van der Waals surface area contributed by atoms with Crippen molar-refractivity contribution in [3.05, 3.63) is 24.3 Å². The summed E-state index contributed by atoms with van der Waals surface area (Å²) >= 11 is 0. The summed E-state index contributed by atoms with van der Waals surface area (Å²) in [6.45, 7) is 4.43. The van der Waals surface area contributed by atoms with Crippen molar-refractivity contribution in [2.75, 3.05) is 6.54 Å². The van der Waals surface area contributed by atoms with E-state index in [-0.39, 0.29) is 11.4 Å². The van der Waals surface area contributed by atoms with Crippen LogP contribution < -0.4 is 11.1 Å². The Morgan fingerprint density at radius 2 is 2.20 bits per heavy atom. The first-order valence-corrected chi connectivity index (χ1v) is 5.44. The molecule has 15 heavy (non-hydrogen) atoms. The van der Waals surface area contributed by atoms with Crippen molar-refractivity contribution >= 4 is 5.91 Å². The van der Waals surface area contributed by atoms with Gasteiger partial charge in [0.2, 0.25) is 5.91 Å². The van der Waals surface area contributed by atoms with Crippen LogP contribution in [0.15, 0.2) is 24.3 Å². The van der Waals surface area contributed by atoms with Gasteiger partial charge in [0.15, 0.2) is 0 Å². The van der Waals surface area contributed by atoms with Gasteiger partial charge in [-0.1, -0.05) is 18.2 Å². The van der Waals surface area contributed by atoms with Crippen LogP contribution in [-0.2, 0) is 4.79 Å². The summed E-state index contributed by atoms with van der Waals surface area (Å²) in [5.41, 5.74) is 5.47. The van der Waals surface area contributed by atoms with Crippen LogP contribution in [0, 0.1) is 5.92 Å². The van der Waals surface area contributed by atoms with Crippen molar-refractivity contribution < 1.29 is 4.79 Å². The van der Waals surface area contributed by atoms with E-state index in [1.165, 1.54) is 18.9 Å². The van der Waals surface area contributed by atoms with Gasteiger partial charge in [-0.3, -0.25) is 4.79 Å². The maximum atomic E-state index is 11.5. The third-order valence-corrected chi connectivity index (χ3v) is 2.86. The molecule has 0 aliphatic heterocycles. The Morgan fingerprint density at radius 1 is 1.53 bits per heavy atom. The summed E-state index contributed by atoms with van der Waals surface area (Å²) in [5, 5.41) is 2.98. The third-order valence-electron chi connectivity index (χ3n) is 2.86. The van der Waals surface area contributed by atoms with Crippen LogP contribution in [-0.4, -0.2) is 18.0 Å². The van der Waals surface area contributed by atoms with Gasteiger partial charge in [0.25, 0.3) is 0 Å². The number of carbonyl (C=O) groups is 1. The summed E-state index contributed by atoms with van der Waals surface area (Å²) in [6, 6.07) is 0. The second-order valence-corrected chi connectivity index (χ2v) is 4.27. The third kappa shape index (κ3) is 3.51. The van der Waals surface area contributed by atoms with Crippen molar-refractivity contribution in [1.82, 2.24) is 5.32 Å². The summed E-state index contributed by atoms with van der Waals surface area (Å²) < 4.78 is 0. The molecule has 84 valence electrons. The van der Waals surface area contributed by atoms with Gasteiger partial charge in [0.1, 0.15) is 0 Å². The Balaban J connectivity index is 2.48. The topological polar surface area (TPSA) is 55.1 Å². The molecule has 0 saturated heterocycles. The number of hydrogen-bond donors (Lipinski definition) is 2. The predicted molar refractivity (Wildman–Crippen MR) is 62.3 cm³/mol. The van der Waals surface area contributed by atoms with Crippen LogP contribution in [0.1, 0.15) is 26.7 Å².